The van der Waals surface area contributed by atoms with Gasteiger partial charge in [0.1, 0.15) is 0 Å². The number of aliphatic hydroxyl groups excluding tert-OH is 1. The number of hydrogen-bond acceptors (Lipinski definition) is 3. The number of hydrogen-bond donors (Lipinski definition) is 2. The molecular weight excluding hydrogens is 235 g/mol. The van der Waals surface area contributed by atoms with Gasteiger partial charge in [-0.25, -0.2) is 0 Å². The number of ketones is 1. The first-order valence-corrected chi connectivity index (χ1v) is 4.97. The number of carbonyl (C=O) groups is 1. The van der Waals surface area contributed by atoms with E-state index in [9.17, 15) is 18.0 Å². The van der Waals surface area contributed by atoms with Crippen molar-refractivity contribution in [2.45, 2.75) is 19.0 Å². The van der Waals surface area contributed by atoms with Gasteiger partial charge in [0, 0.05) is 24.3 Å². The van der Waals surface area contributed by atoms with E-state index in [1.807, 2.05) is 0 Å². The molecule has 0 unspecified atom stereocenters. The summed E-state index contributed by atoms with van der Waals surface area (Å²) in [5.74, 6) is -0.370. The van der Waals surface area contributed by atoms with Crippen LogP contribution in [0.3, 0.4) is 0 Å². The van der Waals surface area contributed by atoms with Crippen LogP contribution in [0.4, 0.5) is 18.9 Å². The summed E-state index contributed by atoms with van der Waals surface area (Å²) in [5.41, 5.74) is 4.40. The van der Waals surface area contributed by atoms with E-state index >= 15 is 0 Å². The zero-order chi connectivity index (χ0) is 13.1. The minimum Gasteiger partial charge on any atom is -0.398 e. The molecule has 1 aromatic carbocycles. The number of anilines is 1. The largest absolute Gasteiger partial charge is 0.416 e. The highest BCUT2D eigenvalue weighted by Crippen LogP contribution is 2.31. The van der Waals surface area contributed by atoms with E-state index in [2.05, 4.69) is 0 Å². The molecule has 1 rings (SSSR count). The van der Waals surface area contributed by atoms with Crippen LogP contribution in [0.15, 0.2) is 18.2 Å². The molecule has 0 aliphatic heterocycles. The number of rotatable bonds is 4. The minimum absolute atomic E-state index is 0.0615. The second-order valence-electron chi connectivity index (χ2n) is 3.55. The number of carbonyl (C=O) groups excluding carboxylic acids is 1. The van der Waals surface area contributed by atoms with Crippen molar-refractivity contribution in [2.24, 2.45) is 0 Å². The summed E-state index contributed by atoms with van der Waals surface area (Å²) in [5, 5.41) is 8.55. The SMILES string of the molecule is Nc1cc(C(F)(F)F)ccc1C(=O)CCCO. The summed E-state index contributed by atoms with van der Waals surface area (Å²) in [6.07, 6.45) is -4.15. The van der Waals surface area contributed by atoms with Crippen LogP contribution in [-0.4, -0.2) is 17.5 Å². The Bertz CT molecular complexity index is 416. The van der Waals surface area contributed by atoms with E-state index in [1.165, 1.54) is 0 Å². The van der Waals surface area contributed by atoms with Gasteiger partial charge in [-0.1, -0.05) is 0 Å². The lowest BCUT2D eigenvalue weighted by Crippen LogP contribution is -2.09. The van der Waals surface area contributed by atoms with Gasteiger partial charge in [0.15, 0.2) is 5.78 Å². The average Bonchev–Trinajstić information content (AvgIpc) is 2.24. The van der Waals surface area contributed by atoms with Crippen LogP contribution in [0.25, 0.3) is 0 Å². The number of benzene rings is 1. The van der Waals surface area contributed by atoms with Crippen LogP contribution in [0.5, 0.6) is 0 Å². The summed E-state index contributed by atoms with van der Waals surface area (Å²) >= 11 is 0. The maximum absolute atomic E-state index is 12.3. The Balaban J connectivity index is 2.94. The normalized spacial score (nSPS) is 11.5. The summed E-state index contributed by atoms with van der Waals surface area (Å²) < 4.78 is 37.0. The molecule has 1 aromatic rings. The molecule has 3 nitrogen and oxygen atoms in total. The average molecular weight is 247 g/mol. The second-order valence-corrected chi connectivity index (χ2v) is 3.55. The van der Waals surface area contributed by atoms with Crippen molar-refractivity contribution in [3.8, 4) is 0 Å². The maximum Gasteiger partial charge on any atom is 0.416 e. The van der Waals surface area contributed by atoms with Crippen LogP contribution in [0.2, 0.25) is 0 Å². The van der Waals surface area contributed by atoms with E-state index in [4.69, 9.17) is 10.8 Å². The van der Waals surface area contributed by atoms with Crippen LogP contribution in [0, 0.1) is 0 Å². The second kappa shape index (κ2) is 5.18. The molecule has 0 aliphatic rings. The molecule has 17 heavy (non-hydrogen) atoms. The van der Waals surface area contributed by atoms with Gasteiger partial charge in [0.25, 0.3) is 0 Å². The molecule has 0 aliphatic carbocycles. The van der Waals surface area contributed by atoms with Crippen LogP contribution >= 0.6 is 0 Å². The third kappa shape index (κ3) is 3.45. The molecule has 0 radical (unpaired) electrons. The highest BCUT2D eigenvalue weighted by Gasteiger charge is 2.31. The van der Waals surface area contributed by atoms with Gasteiger partial charge in [-0.05, 0) is 24.6 Å². The number of alkyl halides is 3. The predicted molar refractivity (Wildman–Crippen MR) is 56.5 cm³/mol. The third-order valence-electron chi connectivity index (χ3n) is 2.24. The van der Waals surface area contributed by atoms with Gasteiger partial charge < -0.3 is 10.8 Å². The Morgan fingerprint density at radius 3 is 2.47 bits per heavy atom. The Hall–Kier alpha value is -1.56. The molecule has 0 spiro atoms. The highest BCUT2D eigenvalue weighted by molar-refractivity contribution is 6.00. The fourth-order valence-corrected chi connectivity index (χ4v) is 1.37. The number of Topliss-reactive ketones (excluding diaryl/α,β-unsaturated/α-hetero) is 1. The lowest BCUT2D eigenvalue weighted by molar-refractivity contribution is -0.137. The van der Waals surface area contributed by atoms with Crippen molar-refractivity contribution >= 4 is 11.5 Å². The first-order chi connectivity index (χ1) is 7.86. The van der Waals surface area contributed by atoms with Crippen molar-refractivity contribution in [3.05, 3.63) is 29.3 Å². The van der Waals surface area contributed by atoms with E-state index < -0.39 is 11.7 Å². The van der Waals surface area contributed by atoms with Gasteiger partial charge in [0.2, 0.25) is 0 Å². The molecule has 6 heteroatoms. The zero-order valence-electron chi connectivity index (χ0n) is 8.92. The molecule has 3 N–H and O–H groups in total. The molecular formula is C11H12F3NO2. The molecule has 0 fully saturated rings. The maximum atomic E-state index is 12.3. The minimum atomic E-state index is -4.47. The van der Waals surface area contributed by atoms with Gasteiger partial charge >= 0.3 is 6.18 Å². The molecule has 0 aromatic heterocycles. The molecule has 0 saturated heterocycles. The van der Waals surface area contributed by atoms with Gasteiger partial charge in [-0.2, -0.15) is 13.2 Å². The Morgan fingerprint density at radius 1 is 1.35 bits per heavy atom. The van der Waals surface area contributed by atoms with Crippen molar-refractivity contribution < 1.29 is 23.1 Å². The fourth-order valence-electron chi connectivity index (χ4n) is 1.37. The van der Waals surface area contributed by atoms with Crippen LogP contribution in [-0.2, 0) is 6.18 Å². The Labute approximate surface area is 96.0 Å². The van der Waals surface area contributed by atoms with E-state index in [1.54, 1.807) is 0 Å². The number of aliphatic hydroxyl groups is 1. The molecule has 0 atom stereocenters. The van der Waals surface area contributed by atoms with Crippen LogP contribution in [0.1, 0.15) is 28.8 Å². The lowest BCUT2D eigenvalue weighted by atomic mass is 10.0. The predicted octanol–water partition coefficient (Wildman–Crippen LogP) is 2.24. The smallest absolute Gasteiger partial charge is 0.398 e. The van der Waals surface area contributed by atoms with E-state index in [-0.39, 0.29) is 36.5 Å². The van der Waals surface area contributed by atoms with Gasteiger partial charge in [0.05, 0.1) is 5.56 Å². The summed E-state index contributed by atoms with van der Waals surface area (Å²) in [6, 6.07) is 2.63. The monoisotopic (exact) mass is 247 g/mol. The summed E-state index contributed by atoms with van der Waals surface area (Å²) in [6.45, 7) is -0.147. The number of nitrogen functional groups attached to an aromatic ring is 1. The van der Waals surface area contributed by atoms with Crippen molar-refractivity contribution in [1.82, 2.24) is 0 Å². The number of halogens is 3. The quantitative estimate of drug-likeness (QED) is 0.633. The van der Waals surface area contributed by atoms with Crippen molar-refractivity contribution in [2.75, 3.05) is 12.3 Å². The highest BCUT2D eigenvalue weighted by atomic mass is 19.4. The van der Waals surface area contributed by atoms with Gasteiger partial charge in [-0.15, -0.1) is 0 Å². The third-order valence-corrected chi connectivity index (χ3v) is 2.24. The first kappa shape index (κ1) is 13.5. The molecule has 0 bridgehead atoms. The molecule has 0 heterocycles. The summed E-state index contributed by atoms with van der Waals surface area (Å²) in [4.78, 5) is 11.5. The van der Waals surface area contributed by atoms with E-state index in [0.29, 0.717) is 0 Å². The zero-order valence-corrected chi connectivity index (χ0v) is 8.92. The summed E-state index contributed by atoms with van der Waals surface area (Å²) in [7, 11) is 0. The first-order valence-electron chi connectivity index (χ1n) is 4.97. The van der Waals surface area contributed by atoms with Crippen molar-refractivity contribution in [1.29, 1.82) is 0 Å². The lowest BCUT2D eigenvalue weighted by Gasteiger charge is -2.10. The Morgan fingerprint density at radius 2 is 2.00 bits per heavy atom. The van der Waals surface area contributed by atoms with E-state index in [0.717, 1.165) is 18.2 Å². The fraction of sp³-hybridized carbons (Fsp3) is 0.364. The van der Waals surface area contributed by atoms with Crippen LogP contribution < -0.4 is 5.73 Å². The topological polar surface area (TPSA) is 63.3 Å². The Kier molecular flexibility index (Phi) is 4.11. The molecule has 0 amide bonds. The standard InChI is InChI=1S/C11H12F3NO2/c12-11(13,14)7-3-4-8(9(15)6-7)10(17)2-1-5-16/h3-4,6,16H,1-2,5,15H2. The van der Waals surface area contributed by atoms with Crippen molar-refractivity contribution in [3.63, 3.8) is 0 Å². The molecule has 0 saturated carbocycles. The van der Waals surface area contributed by atoms with Gasteiger partial charge in [-0.3, -0.25) is 4.79 Å². The molecule has 94 valence electrons. The number of nitrogens with two attached hydrogens (primary N) is 1.